The molecule has 18 heavy (non-hydrogen) atoms. The third-order valence-corrected chi connectivity index (χ3v) is 4.13. The number of hydrogen-bond acceptors (Lipinski definition) is 3. The van der Waals surface area contributed by atoms with Crippen LogP contribution in [0.2, 0.25) is 0 Å². The Hall–Kier alpha value is -0.680. The molecule has 0 bridgehead atoms. The number of ether oxygens (including phenoxy) is 1. The van der Waals surface area contributed by atoms with E-state index in [1.165, 1.54) is 0 Å². The summed E-state index contributed by atoms with van der Waals surface area (Å²) in [7, 11) is 0. The molecule has 2 aliphatic heterocycles. The van der Waals surface area contributed by atoms with E-state index in [1.54, 1.807) is 0 Å². The number of nitrogens with zero attached hydrogens (tertiary/aromatic N) is 1. The SMILES string of the molecule is NC(=S)C1CCCCN1C(=O)CCC1CCCO1. The summed E-state index contributed by atoms with van der Waals surface area (Å²) in [6.45, 7) is 1.64. The molecule has 0 spiro atoms. The van der Waals surface area contributed by atoms with Gasteiger partial charge in [-0.1, -0.05) is 12.2 Å². The minimum absolute atomic E-state index is 0.0225. The van der Waals surface area contributed by atoms with Crippen LogP contribution in [0.1, 0.15) is 44.9 Å². The van der Waals surface area contributed by atoms with E-state index in [-0.39, 0.29) is 18.1 Å². The fraction of sp³-hybridized carbons (Fsp3) is 0.846. The highest BCUT2D eigenvalue weighted by Crippen LogP contribution is 2.21. The predicted octanol–water partition coefficient (Wildman–Crippen LogP) is 1.61. The molecular formula is C13H22N2O2S. The number of likely N-dealkylation sites (tertiary alicyclic amines) is 1. The van der Waals surface area contributed by atoms with Crippen molar-refractivity contribution in [1.29, 1.82) is 0 Å². The summed E-state index contributed by atoms with van der Waals surface area (Å²) in [4.78, 5) is 14.6. The van der Waals surface area contributed by atoms with E-state index in [9.17, 15) is 4.79 Å². The van der Waals surface area contributed by atoms with E-state index in [1.807, 2.05) is 4.90 Å². The highest BCUT2D eigenvalue weighted by atomic mass is 32.1. The van der Waals surface area contributed by atoms with Gasteiger partial charge in [0, 0.05) is 19.6 Å². The van der Waals surface area contributed by atoms with Crippen LogP contribution in [0.5, 0.6) is 0 Å². The molecule has 5 heteroatoms. The molecule has 0 radical (unpaired) electrons. The van der Waals surface area contributed by atoms with Gasteiger partial charge in [0.05, 0.1) is 17.1 Å². The molecule has 4 nitrogen and oxygen atoms in total. The number of carbonyl (C=O) groups excluding carboxylic acids is 1. The molecule has 0 aliphatic carbocycles. The average molecular weight is 270 g/mol. The summed E-state index contributed by atoms with van der Waals surface area (Å²) in [6.07, 6.45) is 6.97. The molecule has 2 saturated heterocycles. The predicted molar refractivity (Wildman–Crippen MR) is 74.3 cm³/mol. The molecular weight excluding hydrogens is 248 g/mol. The fourth-order valence-corrected chi connectivity index (χ4v) is 3.07. The molecule has 2 aliphatic rings. The van der Waals surface area contributed by atoms with Crippen molar-refractivity contribution in [2.45, 2.75) is 57.1 Å². The van der Waals surface area contributed by atoms with Gasteiger partial charge in [-0.2, -0.15) is 0 Å². The molecule has 2 heterocycles. The molecule has 1 amide bonds. The van der Waals surface area contributed by atoms with E-state index < -0.39 is 0 Å². The lowest BCUT2D eigenvalue weighted by Crippen LogP contribution is -2.49. The van der Waals surface area contributed by atoms with E-state index in [0.717, 1.165) is 51.7 Å². The molecule has 2 unspecified atom stereocenters. The molecule has 0 aromatic carbocycles. The summed E-state index contributed by atoms with van der Waals surface area (Å²) in [6, 6.07) is -0.0225. The van der Waals surface area contributed by atoms with Crippen molar-refractivity contribution in [3.8, 4) is 0 Å². The summed E-state index contributed by atoms with van der Waals surface area (Å²) >= 11 is 5.06. The van der Waals surface area contributed by atoms with Gasteiger partial charge >= 0.3 is 0 Å². The number of rotatable bonds is 4. The third-order valence-electron chi connectivity index (χ3n) is 3.86. The Labute approximate surface area is 114 Å². The Kier molecular flexibility index (Phi) is 4.95. The molecule has 0 aromatic rings. The van der Waals surface area contributed by atoms with E-state index in [4.69, 9.17) is 22.7 Å². The number of thiocarbonyl (C=S) groups is 1. The van der Waals surface area contributed by atoms with Gasteiger partial charge in [-0.15, -0.1) is 0 Å². The molecule has 2 N–H and O–H groups in total. The Bertz CT molecular complexity index is 316. The maximum Gasteiger partial charge on any atom is 0.223 e. The van der Waals surface area contributed by atoms with Crippen LogP contribution in [-0.2, 0) is 9.53 Å². The first-order valence-corrected chi connectivity index (χ1v) is 7.29. The molecule has 0 saturated carbocycles. The maximum atomic E-state index is 12.2. The van der Waals surface area contributed by atoms with Gasteiger partial charge < -0.3 is 15.4 Å². The number of nitrogens with two attached hydrogens (primary N) is 1. The molecule has 2 fully saturated rings. The van der Waals surface area contributed by atoms with Crippen molar-refractivity contribution in [2.75, 3.05) is 13.2 Å². The van der Waals surface area contributed by atoms with Gasteiger partial charge in [-0.05, 0) is 38.5 Å². The van der Waals surface area contributed by atoms with Crippen LogP contribution in [-0.4, -0.2) is 41.1 Å². The monoisotopic (exact) mass is 270 g/mol. The fourth-order valence-electron chi connectivity index (χ4n) is 2.83. The van der Waals surface area contributed by atoms with Crippen LogP contribution >= 0.6 is 12.2 Å². The summed E-state index contributed by atoms with van der Waals surface area (Å²) in [5.74, 6) is 0.183. The van der Waals surface area contributed by atoms with Crippen LogP contribution in [0.4, 0.5) is 0 Å². The zero-order chi connectivity index (χ0) is 13.0. The van der Waals surface area contributed by atoms with Crippen molar-refractivity contribution in [3.05, 3.63) is 0 Å². The second-order valence-corrected chi connectivity index (χ2v) is 5.65. The van der Waals surface area contributed by atoms with Crippen molar-refractivity contribution >= 4 is 23.1 Å². The van der Waals surface area contributed by atoms with E-state index >= 15 is 0 Å². The summed E-state index contributed by atoms with van der Waals surface area (Å²) in [5.41, 5.74) is 5.73. The van der Waals surface area contributed by atoms with E-state index in [0.29, 0.717) is 11.4 Å². The lowest BCUT2D eigenvalue weighted by Gasteiger charge is -2.35. The Morgan fingerprint density at radius 3 is 2.83 bits per heavy atom. The normalized spacial score (nSPS) is 28.3. The quantitative estimate of drug-likeness (QED) is 0.789. The molecule has 2 atom stereocenters. The minimum Gasteiger partial charge on any atom is -0.392 e. The first-order chi connectivity index (χ1) is 8.68. The average Bonchev–Trinajstić information content (AvgIpc) is 2.89. The number of carbonyl (C=O) groups is 1. The topological polar surface area (TPSA) is 55.6 Å². The van der Waals surface area contributed by atoms with Gasteiger partial charge in [0.1, 0.15) is 0 Å². The van der Waals surface area contributed by atoms with Crippen molar-refractivity contribution in [3.63, 3.8) is 0 Å². The Morgan fingerprint density at radius 2 is 2.17 bits per heavy atom. The van der Waals surface area contributed by atoms with Crippen LogP contribution in [0.25, 0.3) is 0 Å². The van der Waals surface area contributed by atoms with Gasteiger partial charge in [-0.25, -0.2) is 0 Å². The Morgan fingerprint density at radius 1 is 1.33 bits per heavy atom. The van der Waals surface area contributed by atoms with Crippen LogP contribution in [0.15, 0.2) is 0 Å². The highest BCUT2D eigenvalue weighted by Gasteiger charge is 2.29. The van der Waals surface area contributed by atoms with Gasteiger partial charge in [0.15, 0.2) is 0 Å². The smallest absolute Gasteiger partial charge is 0.223 e. The number of piperidine rings is 1. The summed E-state index contributed by atoms with van der Waals surface area (Å²) < 4.78 is 5.54. The molecule has 0 aromatic heterocycles. The van der Waals surface area contributed by atoms with Crippen LogP contribution in [0, 0.1) is 0 Å². The lowest BCUT2D eigenvalue weighted by atomic mass is 10.0. The zero-order valence-electron chi connectivity index (χ0n) is 10.8. The third kappa shape index (κ3) is 3.42. The second kappa shape index (κ2) is 6.48. The van der Waals surface area contributed by atoms with Gasteiger partial charge in [0.25, 0.3) is 0 Å². The largest absolute Gasteiger partial charge is 0.392 e. The van der Waals surface area contributed by atoms with Crippen molar-refractivity contribution in [2.24, 2.45) is 5.73 Å². The number of hydrogen-bond donors (Lipinski definition) is 1. The van der Waals surface area contributed by atoms with Crippen molar-refractivity contribution in [1.82, 2.24) is 4.90 Å². The van der Waals surface area contributed by atoms with Gasteiger partial charge in [0.2, 0.25) is 5.91 Å². The first kappa shape index (κ1) is 13.7. The molecule has 2 rings (SSSR count). The summed E-state index contributed by atoms with van der Waals surface area (Å²) in [5, 5.41) is 0. The van der Waals surface area contributed by atoms with Crippen LogP contribution in [0.3, 0.4) is 0 Å². The highest BCUT2D eigenvalue weighted by molar-refractivity contribution is 7.80. The van der Waals surface area contributed by atoms with Gasteiger partial charge in [-0.3, -0.25) is 4.79 Å². The van der Waals surface area contributed by atoms with Crippen molar-refractivity contribution < 1.29 is 9.53 Å². The zero-order valence-corrected chi connectivity index (χ0v) is 11.6. The lowest BCUT2D eigenvalue weighted by molar-refractivity contribution is -0.133. The van der Waals surface area contributed by atoms with Crippen LogP contribution < -0.4 is 5.73 Å². The number of amides is 1. The standard InChI is InChI=1S/C13H22N2O2S/c14-13(18)11-5-1-2-8-15(11)12(16)7-6-10-4-3-9-17-10/h10-11H,1-9H2,(H2,14,18). The first-order valence-electron chi connectivity index (χ1n) is 6.89. The Balaban J connectivity index is 1.83. The maximum absolute atomic E-state index is 12.2. The molecule has 102 valence electrons. The minimum atomic E-state index is -0.0225. The second-order valence-electron chi connectivity index (χ2n) is 5.17. The van der Waals surface area contributed by atoms with E-state index in [2.05, 4.69) is 0 Å².